The minimum absolute atomic E-state index is 0.257. The summed E-state index contributed by atoms with van der Waals surface area (Å²) in [5.41, 5.74) is 0.318. The fraction of sp³-hybridized carbons (Fsp3) is 0.462. The predicted octanol–water partition coefficient (Wildman–Crippen LogP) is 1.22. The zero-order chi connectivity index (χ0) is 13.8. The van der Waals surface area contributed by atoms with Gasteiger partial charge in [0.2, 0.25) is 0 Å². The van der Waals surface area contributed by atoms with Crippen LogP contribution in [0.15, 0.2) is 18.2 Å². The Morgan fingerprint density at radius 3 is 2.95 bits per heavy atom. The highest BCUT2D eigenvalue weighted by Gasteiger charge is 2.22. The molecule has 1 aromatic rings. The van der Waals surface area contributed by atoms with Crippen molar-refractivity contribution < 1.29 is 18.6 Å². The van der Waals surface area contributed by atoms with Gasteiger partial charge in [-0.1, -0.05) is 6.07 Å². The van der Waals surface area contributed by atoms with Crippen molar-refractivity contribution in [1.29, 1.82) is 5.26 Å². The zero-order valence-electron chi connectivity index (χ0n) is 10.2. The molecule has 0 saturated carbocycles. The zero-order valence-corrected chi connectivity index (χ0v) is 10.2. The van der Waals surface area contributed by atoms with Crippen molar-refractivity contribution in [1.82, 2.24) is 4.90 Å². The fourth-order valence-corrected chi connectivity index (χ4v) is 2.02. The third-order valence-corrected chi connectivity index (χ3v) is 3.05. The summed E-state index contributed by atoms with van der Waals surface area (Å²) in [6, 6.07) is 5.34. The van der Waals surface area contributed by atoms with E-state index in [9.17, 15) is 13.9 Å². The van der Waals surface area contributed by atoms with Gasteiger partial charge in [-0.05, 0) is 17.7 Å². The summed E-state index contributed by atoms with van der Waals surface area (Å²) in [6.07, 6.45) is -1.43. The van der Waals surface area contributed by atoms with Crippen LogP contribution < -0.4 is 0 Å². The molecule has 0 amide bonds. The molecular formula is C13H14F2N2O2. The maximum absolute atomic E-state index is 13.1. The molecule has 4 nitrogen and oxygen atoms in total. The topological polar surface area (TPSA) is 56.5 Å². The molecule has 1 aliphatic rings. The molecule has 1 heterocycles. The second kappa shape index (κ2) is 6.06. The van der Waals surface area contributed by atoms with Gasteiger partial charge in [-0.3, -0.25) is 4.90 Å². The van der Waals surface area contributed by atoms with Crippen molar-refractivity contribution in [3.05, 3.63) is 35.4 Å². The van der Waals surface area contributed by atoms with Crippen molar-refractivity contribution in [2.45, 2.75) is 12.2 Å². The Morgan fingerprint density at radius 1 is 1.47 bits per heavy atom. The van der Waals surface area contributed by atoms with Crippen LogP contribution in [0.4, 0.5) is 8.78 Å². The maximum Gasteiger partial charge on any atom is 0.159 e. The number of β-amino-alcohol motifs (C(OH)–C–C–N with tert-alkyl or cyclic N) is 1. The van der Waals surface area contributed by atoms with Crippen molar-refractivity contribution in [2.75, 3.05) is 26.2 Å². The van der Waals surface area contributed by atoms with E-state index in [0.29, 0.717) is 25.3 Å². The fourth-order valence-electron chi connectivity index (χ4n) is 2.02. The standard InChI is InChI=1S/C13H14F2N2O2/c14-11-2-1-9(5-12(11)15)13(18)8-17-3-4-19-10(6-16)7-17/h1-2,5,10,13,18H,3-4,7-8H2. The van der Waals surface area contributed by atoms with E-state index >= 15 is 0 Å². The molecule has 1 aliphatic heterocycles. The molecule has 0 bridgehead atoms. The first kappa shape index (κ1) is 13.9. The van der Waals surface area contributed by atoms with E-state index in [4.69, 9.17) is 10.00 Å². The first-order valence-corrected chi connectivity index (χ1v) is 5.96. The van der Waals surface area contributed by atoms with Crippen LogP contribution in [0.1, 0.15) is 11.7 Å². The van der Waals surface area contributed by atoms with Crippen LogP contribution in [0.25, 0.3) is 0 Å². The number of hydrogen-bond acceptors (Lipinski definition) is 4. The average Bonchev–Trinajstić information content (AvgIpc) is 2.42. The van der Waals surface area contributed by atoms with E-state index in [-0.39, 0.29) is 6.54 Å². The number of rotatable bonds is 3. The lowest BCUT2D eigenvalue weighted by Gasteiger charge is -2.31. The van der Waals surface area contributed by atoms with Gasteiger partial charge in [0.1, 0.15) is 0 Å². The molecule has 19 heavy (non-hydrogen) atoms. The summed E-state index contributed by atoms with van der Waals surface area (Å²) < 4.78 is 31.1. The lowest BCUT2D eigenvalue weighted by molar-refractivity contribution is -0.0159. The Kier molecular flexibility index (Phi) is 4.43. The van der Waals surface area contributed by atoms with E-state index in [1.54, 1.807) is 0 Å². The number of halogens is 2. The van der Waals surface area contributed by atoms with Crippen LogP contribution in [-0.2, 0) is 4.74 Å². The molecule has 2 unspecified atom stereocenters. The van der Waals surface area contributed by atoms with Crippen molar-refractivity contribution in [2.24, 2.45) is 0 Å². The quantitative estimate of drug-likeness (QED) is 0.895. The Labute approximate surface area is 109 Å². The molecular weight excluding hydrogens is 254 g/mol. The molecule has 1 fully saturated rings. The van der Waals surface area contributed by atoms with Crippen LogP contribution in [-0.4, -0.2) is 42.4 Å². The molecule has 6 heteroatoms. The second-order valence-corrected chi connectivity index (χ2v) is 4.44. The highest BCUT2D eigenvalue weighted by molar-refractivity contribution is 5.20. The minimum atomic E-state index is -0.978. The van der Waals surface area contributed by atoms with Gasteiger partial charge in [-0.15, -0.1) is 0 Å². The number of morpholine rings is 1. The lowest BCUT2D eigenvalue weighted by atomic mass is 10.1. The monoisotopic (exact) mass is 268 g/mol. The summed E-state index contributed by atoms with van der Waals surface area (Å²) in [4.78, 5) is 1.86. The number of nitrogens with zero attached hydrogens (tertiary/aromatic N) is 2. The van der Waals surface area contributed by atoms with Crippen molar-refractivity contribution in [3.8, 4) is 6.07 Å². The predicted molar refractivity (Wildman–Crippen MR) is 63.1 cm³/mol. The first-order chi connectivity index (χ1) is 9.10. The van der Waals surface area contributed by atoms with Crippen LogP contribution in [0.3, 0.4) is 0 Å². The van der Waals surface area contributed by atoms with Crippen LogP contribution in [0.2, 0.25) is 0 Å². The first-order valence-electron chi connectivity index (χ1n) is 5.96. The van der Waals surface area contributed by atoms with E-state index in [1.807, 2.05) is 11.0 Å². The summed E-state index contributed by atoms with van der Waals surface area (Å²) in [7, 11) is 0. The number of benzene rings is 1. The maximum atomic E-state index is 13.1. The lowest BCUT2D eigenvalue weighted by Crippen LogP contribution is -2.43. The molecule has 0 spiro atoms. The van der Waals surface area contributed by atoms with Gasteiger partial charge in [0, 0.05) is 19.6 Å². The molecule has 1 saturated heterocycles. The summed E-state index contributed by atoms with van der Waals surface area (Å²) in [5.74, 6) is -1.92. The Balaban J connectivity index is 1.98. The Bertz CT molecular complexity index is 490. The summed E-state index contributed by atoms with van der Waals surface area (Å²) in [6.45, 7) is 1.67. The van der Waals surface area contributed by atoms with E-state index in [1.165, 1.54) is 6.07 Å². The molecule has 0 aliphatic carbocycles. The highest BCUT2D eigenvalue weighted by Crippen LogP contribution is 2.18. The Hall–Kier alpha value is -1.55. The van der Waals surface area contributed by atoms with Crippen LogP contribution in [0, 0.1) is 23.0 Å². The third kappa shape index (κ3) is 3.47. The van der Waals surface area contributed by atoms with E-state index < -0.39 is 23.8 Å². The Morgan fingerprint density at radius 2 is 2.26 bits per heavy atom. The van der Waals surface area contributed by atoms with Crippen molar-refractivity contribution in [3.63, 3.8) is 0 Å². The second-order valence-electron chi connectivity index (χ2n) is 4.44. The number of aliphatic hydroxyl groups excluding tert-OH is 1. The van der Waals surface area contributed by atoms with E-state index in [0.717, 1.165) is 12.1 Å². The van der Waals surface area contributed by atoms with Gasteiger partial charge in [0.15, 0.2) is 17.7 Å². The van der Waals surface area contributed by atoms with Crippen molar-refractivity contribution >= 4 is 0 Å². The normalized spacial score (nSPS) is 21.9. The largest absolute Gasteiger partial charge is 0.387 e. The molecule has 0 radical (unpaired) electrons. The van der Waals surface area contributed by atoms with Gasteiger partial charge in [-0.25, -0.2) is 8.78 Å². The smallest absolute Gasteiger partial charge is 0.159 e. The molecule has 2 rings (SSSR count). The molecule has 1 N–H and O–H groups in total. The van der Waals surface area contributed by atoms with Crippen LogP contribution >= 0.6 is 0 Å². The van der Waals surface area contributed by atoms with E-state index in [2.05, 4.69) is 0 Å². The molecule has 1 aromatic carbocycles. The highest BCUT2D eigenvalue weighted by atomic mass is 19.2. The number of ether oxygens (including phenoxy) is 1. The average molecular weight is 268 g/mol. The third-order valence-electron chi connectivity index (χ3n) is 3.05. The summed E-state index contributed by atoms with van der Waals surface area (Å²) >= 11 is 0. The minimum Gasteiger partial charge on any atom is -0.387 e. The number of aliphatic hydroxyl groups is 1. The van der Waals surface area contributed by atoms with Gasteiger partial charge in [0.25, 0.3) is 0 Å². The van der Waals surface area contributed by atoms with Gasteiger partial charge in [-0.2, -0.15) is 5.26 Å². The number of hydrogen-bond donors (Lipinski definition) is 1. The van der Waals surface area contributed by atoms with Gasteiger partial charge < -0.3 is 9.84 Å². The molecule has 0 aromatic heterocycles. The molecule has 102 valence electrons. The van der Waals surface area contributed by atoms with Crippen LogP contribution in [0.5, 0.6) is 0 Å². The number of nitriles is 1. The SMILES string of the molecule is N#CC1CN(CC(O)c2ccc(F)c(F)c2)CCO1. The molecule has 2 atom stereocenters. The van der Waals surface area contributed by atoms with Gasteiger partial charge >= 0.3 is 0 Å². The summed E-state index contributed by atoms with van der Waals surface area (Å²) in [5, 5.41) is 18.8. The van der Waals surface area contributed by atoms with Gasteiger partial charge in [0.05, 0.1) is 18.8 Å².